The van der Waals surface area contributed by atoms with Crippen molar-refractivity contribution in [1.29, 1.82) is 0 Å². The van der Waals surface area contributed by atoms with E-state index < -0.39 is 0 Å². The van der Waals surface area contributed by atoms with Crippen LogP contribution in [-0.2, 0) is 18.9 Å². The summed E-state index contributed by atoms with van der Waals surface area (Å²) >= 11 is 0. The average Bonchev–Trinajstić information content (AvgIpc) is 2.46. The minimum Gasteiger partial charge on any atom is -0.379 e. The number of ether oxygens (including phenoxy) is 4. The van der Waals surface area contributed by atoms with Gasteiger partial charge < -0.3 is 18.9 Å². The number of nitrogens with zero attached hydrogens (tertiary/aromatic N) is 2. The van der Waals surface area contributed by atoms with Gasteiger partial charge in [0.15, 0.2) is 0 Å². The molecular weight excluding hydrogens is 260 g/mol. The minimum atomic E-state index is 0.681. The molecule has 0 aromatic rings. The fourth-order valence-electron chi connectivity index (χ4n) is 2.36. The molecule has 6 heteroatoms. The van der Waals surface area contributed by atoms with Crippen LogP contribution in [0.2, 0.25) is 0 Å². The molecule has 0 amide bonds. The van der Waals surface area contributed by atoms with Crippen LogP contribution in [0.15, 0.2) is 0 Å². The molecule has 0 N–H and O–H groups in total. The Balaban J connectivity index is 1.88. The Morgan fingerprint density at radius 1 is 0.350 bits per heavy atom. The Hall–Kier alpha value is -0.240. The molecule has 0 aliphatic carbocycles. The first kappa shape index (κ1) is 16.1. The van der Waals surface area contributed by atoms with Gasteiger partial charge in [0.1, 0.15) is 0 Å². The van der Waals surface area contributed by atoms with E-state index in [1.54, 1.807) is 0 Å². The number of hydrogen-bond acceptors (Lipinski definition) is 6. The van der Waals surface area contributed by atoms with Gasteiger partial charge in [-0.3, -0.25) is 9.80 Å². The van der Waals surface area contributed by atoms with Crippen molar-refractivity contribution >= 4 is 0 Å². The summed E-state index contributed by atoms with van der Waals surface area (Å²) in [4.78, 5) is 4.69. The van der Waals surface area contributed by atoms with Crippen molar-refractivity contribution in [1.82, 2.24) is 9.80 Å². The number of fused-ring (bicyclic) bond motifs is 15. The van der Waals surface area contributed by atoms with Crippen molar-refractivity contribution in [3.8, 4) is 0 Å². The van der Waals surface area contributed by atoms with Crippen LogP contribution < -0.4 is 0 Å². The maximum Gasteiger partial charge on any atom is 0.0701 e. The minimum absolute atomic E-state index is 0.681. The highest BCUT2D eigenvalue weighted by molar-refractivity contribution is 4.61. The summed E-state index contributed by atoms with van der Waals surface area (Å²) in [6.45, 7) is 11.6. The Morgan fingerprint density at radius 2 is 0.600 bits per heavy atom. The number of hydrogen-bond donors (Lipinski definition) is 0. The van der Waals surface area contributed by atoms with Gasteiger partial charge in [-0.25, -0.2) is 0 Å². The van der Waals surface area contributed by atoms with Crippen molar-refractivity contribution in [2.45, 2.75) is 0 Å². The van der Waals surface area contributed by atoms with Crippen molar-refractivity contribution in [3.05, 3.63) is 0 Å². The first-order chi connectivity index (χ1) is 9.95. The lowest BCUT2D eigenvalue weighted by Gasteiger charge is -2.25. The predicted octanol–water partition coefficient (Wildman–Crippen LogP) is -0.316. The summed E-state index contributed by atoms with van der Waals surface area (Å²) in [6.07, 6.45) is 0. The zero-order valence-corrected chi connectivity index (χ0v) is 12.4. The second-order valence-corrected chi connectivity index (χ2v) is 5.13. The highest BCUT2D eigenvalue weighted by atomic mass is 16.5. The van der Waals surface area contributed by atoms with E-state index in [2.05, 4.69) is 9.80 Å². The van der Waals surface area contributed by atoms with E-state index >= 15 is 0 Å². The molecule has 3 rings (SSSR count). The van der Waals surface area contributed by atoms with Crippen LogP contribution in [-0.4, -0.2) is 102 Å². The van der Waals surface area contributed by atoms with Gasteiger partial charge in [0.05, 0.1) is 52.9 Å². The van der Waals surface area contributed by atoms with Crippen LogP contribution in [0, 0.1) is 0 Å². The van der Waals surface area contributed by atoms with Crippen molar-refractivity contribution < 1.29 is 18.9 Å². The smallest absolute Gasteiger partial charge is 0.0701 e. The lowest BCUT2D eigenvalue weighted by atomic mass is 10.4. The zero-order chi connectivity index (χ0) is 13.9. The Labute approximate surface area is 121 Å². The molecule has 3 saturated heterocycles. The van der Waals surface area contributed by atoms with Crippen LogP contribution in [0.4, 0.5) is 0 Å². The van der Waals surface area contributed by atoms with E-state index in [9.17, 15) is 0 Å². The maximum atomic E-state index is 5.74. The molecule has 3 heterocycles. The van der Waals surface area contributed by atoms with Gasteiger partial charge in [0.2, 0.25) is 0 Å². The quantitative estimate of drug-likeness (QED) is 0.609. The van der Waals surface area contributed by atoms with Gasteiger partial charge in [-0.15, -0.1) is 0 Å². The third kappa shape index (κ3) is 6.97. The van der Waals surface area contributed by atoms with Gasteiger partial charge in [-0.05, 0) is 0 Å². The lowest BCUT2D eigenvalue weighted by Crippen LogP contribution is -2.37. The summed E-state index contributed by atoms with van der Waals surface area (Å²) in [5, 5.41) is 0. The van der Waals surface area contributed by atoms with Gasteiger partial charge in [-0.1, -0.05) is 0 Å². The molecule has 6 nitrogen and oxygen atoms in total. The van der Waals surface area contributed by atoms with Gasteiger partial charge in [0, 0.05) is 39.3 Å². The number of rotatable bonds is 0. The van der Waals surface area contributed by atoms with Gasteiger partial charge >= 0.3 is 0 Å². The molecular formula is C14H28N2O4. The highest BCUT2D eigenvalue weighted by Gasteiger charge is 2.10. The normalized spacial score (nSPS) is 32.4. The fourth-order valence-corrected chi connectivity index (χ4v) is 2.36. The second kappa shape index (κ2) is 10.5. The summed E-state index contributed by atoms with van der Waals surface area (Å²) in [5.74, 6) is 0. The van der Waals surface area contributed by atoms with E-state index in [4.69, 9.17) is 18.9 Å². The van der Waals surface area contributed by atoms with Gasteiger partial charge in [0.25, 0.3) is 0 Å². The first-order valence-corrected chi connectivity index (χ1v) is 7.71. The van der Waals surface area contributed by atoms with Crippen LogP contribution in [0.1, 0.15) is 0 Å². The zero-order valence-electron chi connectivity index (χ0n) is 12.4. The van der Waals surface area contributed by atoms with Crippen molar-refractivity contribution in [2.75, 3.05) is 92.1 Å². The monoisotopic (exact) mass is 288 g/mol. The van der Waals surface area contributed by atoms with Crippen LogP contribution in [0.25, 0.3) is 0 Å². The first-order valence-electron chi connectivity index (χ1n) is 7.71. The SMILES string of the molecule is C1COCCN2CCOCCN(CCO1)CCOCC2. The van der Waals surface area contributed by atoms with E-state index in [1.165, 1.54) is 0 Å². The third-order valence-corrected chi connectivity index (χ3v) is 3.68. The third-order valence-electron chi connectivity index (χ3n) is 3.68. The predicted molar refractivity (Wildman–Crippen MR) is 76.2 cm³/mol. The van der Waals surface area contributed by atoms with Crippen LogP contribution in [0.3, 0.4) is 0 Å². The molecule has 118 valence electrons. The molecule has 3 fully saturated rings. The largest absolute Gasteiger partial charge is 0.379 e. The molecule has 3 aliphatic rings. The second-order valence-electron chi connectivity index (χ2n) is 5.13. The Kier molecular flexibility index (Phi) is 8.46. The summed E-state index contributed by atoms with van der Waals surface area (Å²) in [6, 6.07) is 0. The lowest BCUT2D eigenvalue weighted by molar-refractivity contribution is 0.0305. The van der Waals surface area contributed by atoms with Crippen LogP contribution in [0.5, 0.6) is 0 Å². The van der Waals surface area contributed by atoms with Gasteiger partial charge in [-0.2, -0.15) is 0 Å². The molecule has 2 bridgehead atoms. The molecule has 0 aromatic carbocycles. The van der Waals surface area contributed by atoms with E-state index in [-0.39, 0.29) is 0 Å². The molecule has 3 aliphatic heterocycles. The summed E-state index contributed by atoms with van der Waals surface area (Å²) in [7, 11) is 0. The molecule has 0 aromatic heterocycles. The summed E-state index contributed by atoms with van der Waals surface area (Å²) in [5.41, 5.74) is 0. The van der Waals surface area contributed by atoms with Crippen LogP contribution >= 0.6 is 0 Å². The fraction of sp³-hybridized carbons (Fsp3) is 1.00. The Morgan fingerprint density at radius 3 is 0.900 bits per heavy atom. The maximum absolute atomic E-state index is 5.74. The molecule has 0 radical (unpaired) electrons. The van der Waals surface area contributed by atoms with Crippen molar-refractivity contribution in [3.63, 3.8) is 0 Å². The highest BCUT2D eigenvalue weighted by Crippen LogP contribution is 1.97. The molecule has 0 saturated carbocycles. The topological polar surface area (TPSA) is 43.4 Å². The standard InChI is InChI=1S/C14H28N2O4/c1-7-17-9-3-16-4-10-18-8-2-15(1)5-11-19-13-14-20-12-6-16/h1-14H2. The summed E-state index contributed by atoms with van der Waals surface area (Å²) < 4.78 is 22.7. The van der Waals surface area contributed by atoms with Crippen molar-refractivity contribution in [2.24, 2.45) is 0 Å². The average molecular weight is 288 g/mol. The van der Waals surface area contributed by atoms with E-state index in [0.717, 1.165) is 78.9 Å². The molecule has 0 spiro atoms. The molecule has 20 heavy (non-hydrogen) atoms. The van der Waals surface area contributed by atoms with E-state index in [1.807, 2.05) is 0 Å². The Bertz CT molecular complexity index is 202. The molecule has 0 atom stereocenters. The van der Waals surface area contributed by atoms with E-state index in [0.29, 0.717) is 13.2 Å². The molecule has 0 unspecified atom stereocenters.